The predicted octanol–water partition coefficient (Wildman–Crippen LogP) is 1.94. The van der Waals surface area contributed by atoms with Crippen LogP contribution in [-0.2, 0) is 4.79 Å². The minimum Gasteiger partial charge on any atom is -0.353 e. The number of carbonyl (C=O) groups excluding carboxylic acids is 1. The van der Waals surface area contributed by atoms with Crippen molar-refractivity contribution >= 4 is 5.91 Å². The standard InChI is InChI=1S/C13H24N2O/c1-12(2)11-13(16)14-7-3-4-8-15-9-5-6-10-15/h11H,3-10H2,1-2H3,(H,14,16). The van der Waals surface area contributed by atoms with Crippen LogP contribution in [0.1, 0.15) is 39.5 Å². The smallest absolute Gasteiger partial charge is 0.243 e. The van der Waals surface area contributed by atoms with Crippen LogP contribution in [0.25, 0.3) is 0 Å². The Balaban J connectivity index is 1.95. The third kappa shape index (κ3) is 5.91. The number of nitrogens with zero attached hydrogens (tertiary/aromatic N) is 1. The number of amides is 1. The fourth-order valence-electron chi connectivity index (χ4n) is 1.99. The first-order valence-corrected chi connectivity index (χ1v) is 6.33. The molecule has 0 aliphatic carbocycles. The molecule has 16 heavy (non-hydrogen) atoms. The number of likely N-dealkylation sites (tertiary alicyclic amines) is 1. The summed E-state index contributed by atoms with van der Waals surface area (Å²) >= 11 is 0. The van der Waals surface area contributed by atoms with Crippen molar-refractivity contribution in [2.75, 3.05) is 26.2 Å². The number of unbranched alkanes of at least 4 members (excludes halogenated alkanes) is 1. The lowest BCUT2D eigenvalue weighted by molar-refractivity contribution is -0.116. The first-order valence-electron chi connectivity index (χ1n) is 6.33. The zero-order valence-corrected chi connectivity index (χ0v) is 10.6. The van der Waals surface area contributed by atoms with Gasteiger partial charge in [-0.3, -0.25) is 4.79 Å². The van der Waals surface area contributed by atoms with Crippen molar-refractivity contribution in [1.82, 2.24) is 10.2 Å². The number of carbonyl (C=O) groups is 1. The van der Waals surface area contributed by atoms with Crippen LogP contribution in [-0.4, -0.2) is 37.0 Å². The summed E-state index contributed by atoms with van der Waals surface area (Å²) in [5.74, 6) is 0.0428. The van der Waals surface area contributed by atoms with Gasteiger partial charge in [0.1, 0.15) is 0 Å². The number of hydrogen-bond donors (Lipinski definition) is 1. The summed E-state index contributed by atoms with van der Waals surface area (Å²) in [4.78, 5) is 13.8. The Morgan fingerprint density at radius 1 is 1.25 bits per heavy atom. The maximum Gasteiger partial charge on any atom is 0.243 e. The van der Waals surface area contributed by atoms with E-state index in [0.717, 1.165) is 18.5 Å². The molecule has 3 heteroatoms. The minimum atomic E-state index is 0.0428. The van der Waals surface area contributed by atoms with Gasteiger partial charge in [0.25, 0.3) is 0 Å². The van der Waals surface area contributed by atoms with Gasteiger partial charge in [0.2, 0.25) is 5.91 Å². The van der Waals surface area contributed by atoms with E-state index in [9.17, 15) is 4.79 Å². The maximum absolute atomic E-state index is 11.3. The molecule has 1 heterocycles. The second-order valence-electron chi connectivity index (χ2n) is 4.77. The van der Waals surface area contributed by atoms with Crippen LogP contribution < -0.4 is 5.32 Å². The van der Waals surface area contributed by atoms with Gasteiger partial charge in [-0.25, -0.2) is 0 Å². The molecular weight excluding hydrogens is 200 g/mol. The highest BCUT2D eigenvalue weighted by atomic mass is 16.1. The van der Waals surface area contributed by atoms with Gasteiger partial charge in [-0.1, -0.05) is 5.57 Å². The molecule has 0 aromatic heterocycles. The molecule has 0 bridgehead atoms. The van der Waals surface area contributed by atoms with Gasteiger partial charge in [0.05, 0.1) is 0 Å². The van der Waals surface area contributed by atoms with E-state index in [4.69, 9.17) is 0 Å². The molecule has 3 nitrogen and oxygen atoms in total. The van der Waals surface area contributed by atoms with E-state index >= 15 is 0 Å². The third-order valence-electron chi connectivity index (χ3n) is 2.82. The molecule has 1 aliphatic rings. The highest BCUT2D eigenvalue weighted by Crippen LogP contribution is 2.07. The lowest BCUT2D eigenvalue weighted by atomic mass is 10.3. The summed E-state index contributed by atoms with van der Waals surface area (Å²) in [7, 11) is 0. The number of rotatable bonds is 6. The summed E-state index contributed by atoms with van der Waals surface area (Å²) < 4.78 is 0. The normalized spacial score (nSPS) is 16.1. The monoisotopic (exact) mass is 224 g/mol. The Hall–Kier alpha value is -0.830. The fraction of sp³-hybridized carbons (Fsp3) is 0.769. The van der Waals surface area contributed by atoms with E-state index in [-0.39, 0.29) is 5.91 Å². The van der Waals surface area contributed by atoms with E-state index in [2.05, 4.69) is 10.2 Å². The van der Waals surface area contributed by atoms with Gasteiger partial charge in [0, 0.05) is 12.6 Å². The first-order chi connectivity index (χ1) is 7.68. The predicted molar refractivity (Wildman–Crippen MR) is 67.3 cm³/mol. The molecule has 0 aromatic carbocycles. The molecule has 92 valence electrons. The molecular formula is C13H24N2O. The topological polar surface area (TPSA) is 32.3 Å². The molecule has 0 radical (unpaired) electrons. The van der Waals surface area contributed by atoms with E-state index in [1.165, 1.54) is 38.9 Å². The molecule has 1 rings (SSSR count). The van der Waals surface area contributed by atoms with E-state index < -0.39 is 0 Å². The van der Waals surface area contributed by atoms with Crippen molar-refractivity contribution in [1.29, 1.82) is 0 Å². The summed E-state index contributed by atoms with van der Waals surface area (Å²) in [5.41, 5.74) is 1.05. The molecule has 0 aromatic rings. The minimum absolute atomic E-state index is 0.0428. The summed E-state index contributed by atoms with van der Waals surface area (Å²) in [6.07, 6.45) is 6.64. The van der Waals surface area contributed by atoms with Crippen molar-refractivity contribution < 1.29 is 4.79 Å². The van der Waals surface area contributed by atoms with Crippen LogP contribution in [0.4, 0.5) is 0 Å². The Morgan fingerprint density at radius 2 is 1.94 bits per heavy atom. The van der Waals surface area contributed by atoms with Gasteiger partial charge >= 0.3 is 0 Å². The molecule has 1 aliphatic heterocycles. The average Bonchev–Trinajstić information content (AvgIpc) is 2.68. The van der Waals surface area contributed by atoms with Crippen LogP contribution in [0, 0.1) is 0 Å². The van der Waals surface area contributed by atoms with Gasteiger partial charge < -0.3 is 10.2 Å². The molecule has 0 atom stereocenters. The van der Waals surface area contributed by atoms with Crippen molar-refractivity contribution in [3.05, 3.63) is 11.6 Å². The molecule has 1 fully saturated rings. The maximum atomic E-state index is 11.3. The molecule has 0 spiro atoms. The van der Waals surface area contributed by atoms with Crippen LogP contribution in [0.5, 0.6) is 0 Å². The largest absolute Gasteiger partial charge is 0.353 e. The Labute approximate surface area is 98.9 Å². The molecule has 0 saturated carbocycles. The Bertz CT molecular complexity index is 238. The van der Waals surface area contributed by atoms with Crippen molar-refractivity contribution in [3.8, 4) is 0 Å². The highest BCUT2D eigenvalue weighted by Gasteiger charge is 2.09. The quantitative estimate of drug-likeness (QED) is 0.552. The molecule has 1 N–H and O–H groups in total. The number of allylic oxidation sites excluding steroid dienone is 1. The van der Waals surface area contributed by atoms with E-state index in [0.29, 0.717) is 0 Å². The van der Waals surface area contributed by atoms with Gasteiger partial charge in [-0.15, -0.1) is 0 Å². The molecule has 1 amide bonds. The zero-order valence-electron chi connectivity index (χ0n) is 10.6. The first kappa shape index (κ1) is 13.2. The third-order valence-corrected chi connectivity index (χ3v) is 2.82. The van der Waals surface area contributed by atoms with Crippen molar-refractivity contribution in [2.45, 2.75) is 39.5 Å². The van der Waals surface area contributed by atoms with Gasteiger partial charge in [-0.2, -0.15) is 0 Å². The summed E-state index contributed by atoms with van der Waals surface area (Å²) in [6, 6.07) is 0. The van der Waals surface area contributed by atoms with E-state index in [1.54, 1.807) is 6.08 Å². The second kappa shape index (κ2) is 7.44. The fourth-order valence-corrected chi connectivity index (χ4v) is 1.99. The number of nitrogens with one attached hydrogen (secondary N) is 1. The van der Waals surface area contributed by atoms with Gasteiger partial charge in [0.15, 0.2) is 0 Å². The average molecular weight is 224 g/mol. The summed E-state index contributed by atoms with van der Waals surface area (Å²) in [6.45, 7) is 8.41. The van der Waals surface area contributed by atoms with Crippen molar-refractivity contribution in [3.63, 3.8) is 0 Å². The SMILES string of the molecule is CC(C)=CC(=O)NCCCCN1CCCC1. The van der Waals surface area contributed by atoms with Crippen LogP contribution in [0.2, 0.25) is 0 Å². The van der Waals surface area contributed by atoms with E-state index in [1.807, 2.05) is 13.8 Å². The second-order valence-corrected chi connectivity index (χ2v) is 4.77. The van der Waals surface area contributed by atoms with Crippen LogP contribution in [0.15, 0.2) is 11.6 Å². The lowest BCUT2D eigenvalue weighted by Gasteiger charge is -2.13. The lowest BCUT2D eigenvalue weighted by Crippen LogP contribution is -2.24. The van der Waals surface area contributed by atoms with Crippen molar-refractivity contribution in [2.24, 2.45) is 0 Å². The number of hydrogen-bond acceptors (Lipinski definition) is 2. The Morgan fingerprint density at radius 3 is 2.56 bits per heavy atom. The van der Waals surface area contributed by atoms with Crippen LogP contribution in [0.3, 0.4) is 0 Å². The molecule has 1 saturated heterocycles. The van der Waals surface area contributed by atoms with Gasteiger partial charge in [-0.05, 0) is 59.2 Å². The highest BCUT2D eigenvalue weighted by molar-refractivity contribution is 5.87. The summed E-state index contributed by atoms with van der Waals surface area (Å²) in [5, 5.41) is 2.91. The zero-order chi connectivity index (χ0) is 11.8. The Kier molecular flexibility index (Phi) is 6.16. The molecule has 0 unspecified atom stereocenters. The van der Waals surface area contributed by atoms with Crippen LogP contribution >= 0.6 is 0 Å².